The van der Waals surface area contributed by atoms with Crippen molar-refractivity contribution in [2.75, 3.05) is 31.1 Å². The number of likely N-dealkylation sites (tertiary alicyclic amines) is 1. The van der Waals surface area contributed by atoms with Gasteiger partial charge in [-0.2, -0.15) is 0 Å². The number of piperidine rings is 1. The van der Waals surface area contributed by atoms with Crippen LogP contribution in [0.2, 0.25) is 0 Å². The van der Waals surface area contributed by atoms with E-state index in [1.54, 1.807) is 4.90 Å². The van der Waals surface area contributed by atoms with Crippen molar-refractivity contribution in [1.82, 2.24) is 15.5 Å². The molecule has 11 heteroatoms. The molecule has 2 N–H and O–H groups in total. The zero-order valence-electron chi connectivity index (χ0n) is 15.9. The van der Waals surface area contributed by atoms with Gasteiger partial charge in [-0.1, -0.05) is 0 Å². The molecule has 1 aromatic carbocycles. The SMILES string of the molecule is O=CN1CC(OC(=O)NC2CN(c3cc(F)c(C4CCC(=O)NC4=O)c(F)c3)C2)C1. The van der Waals surface area contributed by atoms with Crippen molar-refractivity contribution >= 4 is 30.0 Å². The molecule has 9 nitrogen and oxygen atoms in total. The topological polar surface area (TPSA) is 108 Å². The van der Waals surface area contributed by atoms with Crippen LogP contribution in [0.1, 0.15) is 24.3 Å². The minimum absolute atomic E-state index is 0.0284. The molecule has 3 saturated heterocycles. The van der Waals surface area contributed by atoms with Crippen LogP contribution in [0.15, 0.2) is 12.1 Å². The number of hydrogen-bond donors (Lipinski definition) is 2. The van der Waals surface area contributed by atoms with E-state index in [4.69, 9.17) is 4.74 Å². The van der Waals surface area contributed by atoms with Gasteiger partial charge < -0.3 is 19.9 Å². The van der Waals surface area contributed by atoms with Crippen molar-refractivity contribution in [3.8, 4) is 0 Å². The lowest BCUT2D eigenvalue weighted by Gasteiger charge is -2.42. The molecular weight excluding hydrogens is 402 g/mol. The summed E-state index contributed by atoms with van der Waals surface area (Å²) in [5, 5.41) is 4.77. The summed E-state index contributed by atoms with van der Waals surface area (Å²) in [5.41, 5.74) is -0.0412. The van der Waals surface area contributed by atoms with E-state index in [1.165, 1.54) is 4.90 Å². The van der Waals surface area contributed by atoms with Gasteiger partial charge in [-0.05, 0) is 18.6 Å². The third kappa shape index (κ3) is 3.91. The Labute approximate surface area is 170 Å². The number of ether oxygens (including phenoxy) is 1. The summed E-state index contributed by atoms with van der Waals surface area (Å²) in [4.78, 5) is 48.7. The van der Waals surface area contributed by atoms with E-state index in [1.807, 2.05) is 0 Å². The van der Waals surface area contributed by atoms with Crippen molar-refractivity contribution in [3.05, 3.63) is 29.3 Å². The molecule has 3 fully saturated rings. The third-order valence-electron chi connectivity index (χ3n) is 5.52. The number of rotatable bonds is 5. The van der Waals surface area contributed by atoms with Crippen molar-refractivity contribution in [1.29, 1.82) is 0 Å². The second-order valence-electron chi connectivity index (χ2n) is 7.66. The molecule has 1 atom stereocenters. The maximum atomic E-state index is 14.6. The third-order valence-corrected chi connectivity index (χ3v) is 5.52. The quantitative estimate of drug-likeness (QED) is 0.520. The van der Waals surface area contributed by atoms with Gasteiger partial charge in [-0.15, -0.1) is 0 Å². The van der Waals surface area contributed by atoms with Gasteiger partial charge in [-0.25, -0.2) is 13.6 Å². The molecule has 3 aliphatic heterocycles. The highest BCUT2D eigenvalue weighted by Gasteiger charge is 2.35. The highest BCUT2D eigenvalue weighted by molar-refractivity contribution is 6.01. The van der Waals surface area contributed by atoms with Crippen LogP contribution >= 0.6 is 0 Å². The molecule has 0 aromatic heterocycles. The van der Waals surface area contributed by atoms with Gasteiger partial charge in [0.05, 0.1) is 25.0 Å². The molecule has 0 aliphatic carbocycles. The molecule has 4 amide bonds. The minimum atomic E-state index is -1.04. The second-order valence-corrected chi connectivity index (χ2v) is 7.66. The molecular formula is C19H20F2N4O5. The zero-order valence-corrected chi connectivity index (χ0v) is 15.9. The number of alkyl carbamates (subject to hydrolysis) is 1. The first kappa shape index (κ1) is 20.0. The van der Waals surface area contributed by atoms with Crippen LogP contribution in [-0.2, 0) is 19.1 Å². The number of carbonyl (C=O) groups excluding carboxylic acids is 4. The van der Waals surface area contributed by atoms with Crippen molar-refractivity contribution < 1.29 is 32.7 Å². The molecule has 0 saturated carbocycles. The normalized spacial score (nSPS) is 22.1. The Kier molecular flexibility index (Phi) is 5.27. The van der Waals surface area contributed by atoms with Gasteiger partial charge in [-0.3, -0.25) is 19.7 Å². The van der Waals surface area contributed by atoms with Gasteiger partial charge >= 0.3 is 6.09 Å². The lowest BCUT2D eigenvalue weighted by atomic mass is 9.89. The average molecular weight is 422 g/mol. The Morgan fingerprint density at radius 2 is 1.83 bits per heavy atom. The van der Waals surface area contributed by atoms with Gasteiger partial charge in [0.25, 0.3) is 0 Å². The van der Waals surface area contributed by atoms with E-state index >= 15 is 0 Å². The number of nitrogens with one attached hydrogen (secondary N) is 2. The number of benzene rings is 1. The highest BCUT2D eigenvalue weighted by atomic mass is 19.1. The van der Waals surface area contributed by atoms with Gasteiger partial charge in [0.15, 0.2) is 0 Å². The molecule has 160 valence electrons. The van der Waals surface area contributed by atoms with Crippen LogP contribution in [0.25, 0.3) is 0 Å². The smallest absolute Gasteiger partial charge is 0.407 e. The van der Waals surface area contributed by atoms with Crippen molar-refractivity contribution in [3.63, 3.8) is 0 Å². The summed E-state index contributed by atoms with van der Waals surface area (Å²) in [6.45, 7) is 1.42. The number of amides is 4. The van der Waals surface area contributed by atoms with E-state index in [0.717, 1.165) is 12.1 Å². The maximum absolute atomic E-state index is 14.6. The monoisotopic (exact) mass is 422 g/mol. The molecule has 0 radical (unpaired) electrons. The van der Waals surface area contributed by atoms with Crippen LogP contribution in [0, 0.1) is 11.6 Å². The molecule has 30 heavy (non-hydrogen) atoms. The van der Waals surface area contributed by atoms with Crippen molar-refractivity contribution in [2.45, 2.75) is 30.9 Å². The minimum Gasteiger partial charge on any atom is -0.442 e. The lowest BCUT2D eigenvalue weighted by Crippen LogP contribution is -2.61. The molecule has 1 unspecified atom stereocenters. The maximum Gasteiger partial charge on any atom is 0.407 e. The Morgan fingerprint density at radius 3 is 2.43 bits per heavy atom. The average Bonchev–Trinajstić information content (AvgIpc) is 2.61. The summed E-state index contributed by atoms with van der Waals surface area (Å²) in [6, 6.07) is 2.07. The zero-order chi connectivity index (χ0) is 21.4. The number of halogens is 2. The largest absolute Gasteiger partial charge is 0.442 e. The number of carbonyl (C=O) groups is 4. The Morgan fingerprint density at radius 1 is 1.17 bits per heavy atom. The standard InChI is InChI=1S/C19H20F2N4O5/c20-14-3-11(4-15(21)17(14)13-1-2-16(27)23-18(13)28)25-5-10(6-25)22-19(29)30-12-7-24(8-12)9-26/h3-4,9-10,12-13H,1-2,5-8H2,(H,22,29)(H,23,27,28). The van der Waals surface area contributed by atoms with E-state index in [0.29, 0.717) is 38.3 Å². The first-order valence-corrected chi connectivity index (χ1v) is 9.58. The van der Waals surface area contributed by atoms with Gasteiger partial charge in [0.2, 0.25) is 18.2 Å². The van der Waals surface area contributed by atoms with Crippen LogP contribution in [0.3, 0.4) is 0 Å². The summed E-state index contributed by atoms with van der Waals surface area (Å²) in [7, 11) is 0. The van der Waals surface area contributed by atoms with E-state index < -0.39 is 35.5 Å². The molecule has 0 bridgehead atoms. The van der Waals surface area contributed by atoms with Gasteiger partial charge in [0, 0.05) is 30.8 Å². The summed E-state index contributed by atoms with van der Waals surface area (Å²) >= 11 is 0. The fourth-order valence-electron chi connectivity index (χ4n) is 3.82. The molecule has 4 rings (SSSR count). The van der Waals surface area contributed by atoms with Crippen LogP contribution in [-0.4, -0.2) is 67.5 Å². The Hall–Kier alpha value is -3.24. The fourth-order valence-corrected chi connectivity index (χ4v) is 3.82. The molecule has 3 heterocycles. The summed E-state index contributed by atoms with van der Waals surface area (Å²) < 4.78 is 34.3. The van der Waals surface area contributed by atoms with E-state index in [9.17, 15) is 28.0 Å². The number of hydrogen-bond acceptors (Lipinski definition) is 6. The molecule has 3 aliphatic rings. The Balaban J connectivity index is 1.32. The highest BCUT2D eigenvalue weighted by Crippen LogP contribution is 2.33. The lowest BCUT2D eigenvalue weighted by molar-refractivity contribution is -0.134. The number of nitrogens with zero attached hydrogens (tertiary/aromatic N) is 2. The second kappa shape index (κ2) is 7.88. The number of imide groups is 1. The van der Waals surface area contributed by atoms with E-state index in [-0.39, 0.29) is 30.6 Å². The molecule has 0 spiro atoms. The number of anilines is 1. The van der Waals surface area contributed by atoms with Crippen LogP contribution < -0.4 is 15.5 Å². The van der Waals surface area contributed by atoms with Gasteiger partial charge in [0.1, 0.15) is 17.7 Å². The summed E-state index contributed by atoms with van der Waals surface area (Å²) in [6.07, 6.45) is -0.150. The van der Waals surface area contributed by atoms with Crippen LogP contribution in [0.5, 0.6) is 0 Å². The van der Waals surface area contributed by atoms with E-state index in [2.05, 4.69) is 10.6 Å². The van der Waals surface area contributed by atoms with Crippen LogP contribution in [0.4, 0.5) is 19.3 Å². The summed E-state index contributed by atoms with van der Waals surface area (Å²) in [5.74, 6) is -3.89. The molecule has 1 aromatic rings. The fraction of sp³-hybridized carbons (Fsp3) is 0.474. The predicted octanol–water partition coefficient (Wildman–Crippen LogP) is 0.240. The predicted molar refractivity (Wildman–Crippen MR) is 98.5 cm³/mol. The first-order valence-electron chi connectivity index (χ1n) is 9.58. The Bertz CT molecular complexity index is 876. The first-order chi connectivity index (χ1) is 14.3. The van der Waals surface area contributed by atoms with Crippen molar-refractivity contribution in [2.24, 2.45) is 0 Å².